The Bertz CT molecular complexity index is 668. The van der Waals surface area contributed by atoms with Crippen LogP contribution in [-0.2, 0) is 6.54 Å². The predicted molar refractivity (Wildman–Crippen MR) is 102 cm³/mol. The Hall–Kier alpha value is -1.98. The van der Waals surface area contributed by atoms with Crippen molar-refractivity contribution >= 4 is 5.69 Å². The number of likely N-dealkylation sites (N-methyl/N-ethyl adjacent to an activating group) is 1. The molecule has 0 amide bonds. The molecule has 4 rings (SSSR count). The molecular formula is C20H27N5. The summed E-state index contributed by atoms with van der Waals surface area (Å²) in [5.41, 5.74) is 3.60. The molecule has 2 aliphatic rings. The fraction of sp³-hybridized carbons (Fsp3) is 0.500. The van der Waals surface area contributed by atoms with Crippen molar-refractivity contribution in [2.45, 2.75) is 19.4 Å². The highest BCUT2D eigenvalue weighted by Crippen LogP contribution is 2.23. The molecule has 5 nitrogen and oxygen atoms in total. The van der Waals surface area contributed by atoms with Crippen LogP contribution in [0.15, 0.2) is 36.7 Å². The second-order valence-corrected chi connectivity index (χ2v) is 7.24. The largest absolute Gasteiger partial charge is 0.372 e. The van der Waals surface area contributed by atoms with Crippen LogP contribution in [0.1, 0.15) is 18.4 Å². The number of hydrogen-bond donors (Lipinski definition) is 0. The van der Waals surface area contributed by atoms with E-state index in [-0.39, 0.29) is 0 Å². The first-order valence-corrected chi connectivity index (χ1v) is 9.35. The van der Waals surface area contributed by atoms with Crippen LogP contribution in [0.5, 0.6) is 0 Å². The first-order chi connectivity index (χ1) is 12.3. The molecule has 1 aromatic heterocycles. The van der Waals surface area contributed by atoms with Gasteiger partial charge in [0, 0.05) is 75.0 Å². The van der Waals surface area contributed by atoms with E-state index in [0.717, 1.165) is 44.1 Å². The zero-order valence-corrected chi connectivity index (χ0v) is 15.1. The van der Waals surface area contributed by atoms with E-state index >= 15 is 0 Å². The SMILES string of the molecule is CN1CCN(Cc2cnc(-c3ccc(N4CCCC4)cc3)nc2)CC1. The molecule has 0 bridgehead atoms. The summed E-state index contributed by atoms with van der Waals surface area (Å²) in [5, 5.41) is 0. The fourth-order valence-corrected chi connectivity index (χ4v) is 3.65. The van der Waals surface area contributed by atoms with E-state index in [1.807, 2.05) is 12.4 Å². The quantitative estimate of drug-likeness (QED) is 0.856. The molecule has 0 atom stereocenters. The minimum absolute atomic E-state index is 0.815. The number of aromatic nitrogens is 2. The molecule has 25 heavy (non-hydrogen) atoms. The lowest BCUT2D eigenvalue weighted by Gasteiger charge is -2.32. The maximum Gasteiger partial charge on any atom is 0.159 e. The normalized spacial score (nSPS) is 19.5. The monoisotopic (exact) mass is 337 g/mol. The van der Waals surface area contributed by atoms with Crippen LogP contribution in [0.4, 0.5) is 5.69 Å². The molecule has 132 valence electrons. The zero-order chi connectivity index (χ0) is 17.1. The van der Waals surface area contributed by atoms with Crippen LogP contribution in [0.2, 0.25) is 0 Å². The highest BCUT2D eigenvalue weighted by Gasteiger charge is 2.15. The van der Waals surface area contributed by atoms with Crippen molar-refractivity contribution in [1.29, 1.82) is 0 Å². The van der Waals surface area contributed by atoms with Crippen molar-refractivity contribution < 1.29 is 0 Å². The first kappa shape index (κ1) is 16.5. The van der Waals surface area contributed by atoms with Gasteiger partial charge < -0.3 is 9.80 Å². The molecule has 2 aliphatic heterocycles. The van der Waals surface area contributed by atoms with E-state index in [9.17, 15) is 0 Å². The summed E-state index contributed by atoms with van der Waals surface area (Å²) in [7, 11) is 2.18. The summed E-state index contributed by atoms with van der Waals surface area (Å²) in [5.74, 6) is 0.815. The van der Waals surface area contributed by atoms with Gasteiger partial charge in [0.05, 0.1) is 0 Å². The minimum atomic E-state index is 0.815. The Morgan fingerprint density at radius 1 is 0.840 bits per heavy atom. The zero-order valence-electron chi connectivity index (χ0n) is 15.1. The molecule has 1 aromatic carbocycles. The lowest BCUT2D eigenvalue weighted by atomic mass is 10.2. The van der Waals surface area contributed by atoms with Crippen molar-refractivity contribution in [2.24, 2.45) is 0 Å². The molecule has 0 spiro atoms. The predicted octanol–water partition coefficient (Wildman–Crippen LogP) is 2.49. The highest BCUT2D eigenvalue weighted by atomic mass is 15.2. The van der Waals surface area contributed by atoms with Gasteiger partial charge in [0.2, 0.25) is 0 Å². The summed E-state index contributed by atoms with van der Waals surface area (Å²) in [6.07, 6.45) is 6.57. The van der Waals surface area contributed by atoms with E-state index < -0.39 is 0 Å². The fourth-order valence-electron chi connectivity index (χ4n) is 3.65. The Labute approximate surface area is 150 Å². The van der Waals surface area contributed by atoms with E-state index in [0.29, 0.717) is 0 Å². The van der Waals surface area contributed by atoms with Gasteiger partial charge >= 0.3 is 0 Å². The average molecular weight is 337 g/mol. The third-order valence-electron chi connectivity index (χ3n) is 5.30. The van der Waals surface area contributed by atoms with E-state index in [2.05, 4.69) is 56.0 Å². The smallest absolute Gasteiger partial charge is 0.159 e. The third-order valence-corrected chi connectivity index (χ3v) is 5.30. The number of rotatable bonds is 4. The average Bonchev–Trinajstić information content (AvgIpc) is 3.19. The van der Waals surface area contributed by atoms with Crippen LogP contribution in [0.25, 0.3) is 11.4 Å². The molecule has 0 unspecified atom stereocenters. The number of piperazine rings is 1. The summed E-state index contributed by atoms with van der Waals surface area (Å²) >= 11 is 0. The molecule has 0 radical (unpaired) electrons. The molecule has 5 heteroatoms. The molecule has 0 aliphatic carbocycles. The van der Waals surface area contributed by atoms with Crippen LogP contribution in [-0.4, -0.2) is 66.1 Å². The standard InChI is InChI=1S/C20H27N5/c1-23-10-12-24(13-11-23)16-17-14-21-20(22-15-17)18-4-6-19(7-5-18)25-8-2-3-9-25/h4-7,14-15H,2-3,8-13,16H2,1H3. The van der Waals surface area contributed by atoms with Gasteiger partial charge in [-0.25, -0.2) is 9.97 Å². The van der Waals surface area contributed by atoms with E-state index in [1.54, 1.807) is 0 Å². The third kappa shape index (κ3) is 3.99. The van der Waals surface area contributed by atoms with E-state index in [1.165, 1.54) is 37.2 Å². The molecule has 0 saturated carbocycles. The summed E-state index contributed by atoms with van der Waals surface area (Å²) in [6.45, 7) is 7.83. The maximum absolute atomic E-state index is 4.59. The van der Waals surface area contributed by atoms with Gasteiger partial charge in [0.15, 0.2) is 5.82 Å². The Morgan fingerprint density at radius 3 is 2.12 bits per heavy atom. The molecule has 2 fully saturated rings. The van der Waals surface area contributed by atoms with Crippen LogP contribution in [0.3, 0.4) is 0 Å². The number of benzene rings is 1. The van der Waals surface area contributed by atoms with Crippen molar-refractivity contribution in [3.8, 4) is 11.4 Å². The molecule has 0 N–H and O–H groups in total. The second kappa shape index (κ2) is 7.50. The van der Waals surface area contributed by atoms with Gasteiger partial charge in [-0.1, -0.05) is 0 Å². The van der Waals surface area contributed by atoms with Crippen LogP contribution in [0, 0.1) is 0 Å². The van der Waals surface area contributed by atoms with Crippen LogP contribution < -0.4 is 4.90 Å². The van der Waals surface area contributed by atoms with Gasteiger partial charge in [-0.3, -0.25) is 4.90 Å². The maximum atomic E-state index is 4.59. The summed E-state index contributed by atoms with van der Waals surface area (Å²) in [6, 6.07) is 8.68. The summed E-state index contributed by atoms with van der Waals surface area (Å²) in [4.78, 5) is 16.5. The second-order valence-electron chi connectivity index (χ2n) is 7.24. The van der Waals surface area contributed by atoms with Gasteiger partial charge in [-0.2, -0.15) is 0 Å². The van der Waals surface area contributed by atoms with Crippen LogP contribution >= 0.6 is 0 Å². The van der Waals surface area contributed by atoms with Gasteiger partial charge in [-0.05, 0) is 44.2 Å². The van der Waals surface area contributed by atoms with Crippen molar-refractivity contribution in [2.75, 3.05) is 51.2 Å². The highest BCUT2D eigenvalue weighted by molar-refractivity contribution is 5.60. The number of hydrogen-bond acceptors (Lipinski definition) is 5. The summed E-state index contributed by atoms with van der Waals surface area (Å²) < 4.78 is 0. The molecule has 3 heterocycles. The lowest BCUT2D eigenvalue weighted by Crippen LogP contribution is -2.43. The molecule has 2 aromatic rings. The first-order valence-electron chi connectivity index (χ1n) is 9.35. The van der Waals surface area contributed by atoms with Crippen molar-refractivity contribution in [3.05, 3.63) is 42.2 Å². The van der Waals surface area contributed by atoms with E-state index in [4.69, 9.17) is 0 Å². The Kier molecular flexibility index (Phi) is 4.95. The minimum Gasteiger partial charge on any atom is -0.372 e. The Balaban J connectivity index is 1.39. The lowest BCUT2D eigenvalue weighted by molar-refractivity contribution is 0.148. The van der Waals surface area contributed by atoms with Crippen molar-refractivity contribution in [1.82, 2.24) is 19.8 Å². The van der Waals surface area contributed by atoms with Gasteiger partial charge in [-0.15, -0.1) is 0 Å². The van der Waals surface area contributed by atoms with Crippen molar-refractivity contribution in [3.63, 3.8) is 0 Å². The number of nitrogens with zero attached hydrogens (tertiary/aromatic N) is 5. The molecular weight excluding hydrogens is 310 g/mol. The molecule has 2 saturated heterocycles. The Morgan fingerprint density at radius 2 is 1.48 bits per heavy atom. The topological polar surface area (TPSA) is 35.5 Å². The van der Waals surface area contributed by atoms with Gasteiger partial charge in [0.1, 0.15) is 0 Å². The number of anilines is 1. The van der Waals surface area contributed by atoms with Gasteiger partial charge in [0.25, 0.3) is 0 Å².